The molecule has 0 bridgehead atoms. The highest BCUT2D eigenvalue weighted by Gasteiger charge is 2.14. The minimum Gasteiger partial charge on any atom is -0.496 e. The van der Waals surface area contributed by atoms with Crippen molar-refractivity contribution in [3.8, 4) is 5.75 Å². The summed E-state index contributed by atoms with van der Waals surface area (Å²) in [7, 11) is -2.00. The predicted molar refractivity (Wildman–Crippen MR) is 81.5 cm³/mol. The van der Waals surface area contributed by atoms with Crippen LogP contribution in [0, 0.1) is 6.92 Å². The lowest BCUT2D eigenvalue weighted by Gasteiger charge is -2.11. The number of nitrogens with zero attached hydrogens (tertiary/aromatic N) is 1. The van der Waals surface area contributed by atoms with Crippen LogP contribution in [0.2, 0.25) is 0 Å². The number of pyridine rings is 1. The predicted octanol–water partition coefficient (Wildman–Crippen LogP) is 1.21. The van der Waals surface area contributed by atoms with Gasteiger partial charge in [0.1, 0.15) is 9.96 Å². The molecule has 8 heteroatoms. The molecule has 2 heterocycles. The van der Waals surface area contributed by atoms with Crippen LogP contribution in [0.5, 0.6) is 5.75 Å². The summed E-state index contributed by atoms with van der Waals surface area (Å²) in [6.45, 7) is 2.18. The van der Waals surface area contributed by atoms with Crippen LogP contribution in [0.3, 0.4) is 0 Å². The van der Waals surface area contributed by atoms with Gasteiger partial charge in [-0.3, -0.25) is 4.79 Å². The molecule has 1 N–H and O–H groups in total. The van der Waals surface area contributed by atoms with Gasteiger partial charge in [-0.05, 0) is 24.4 Å². The maximum absolute atomic E-state index is 11.9. The summed E-state index contributed by atoms with van der Waals surface area (Å²) >= 11 is 1.15. The number of methoxy groups -OCH3 is 1. The molecule has 0 atom stereocenters. The second-order valence-electron chi connectivity index (χ2n) is 4.36. The lowest BCUT2D eigenvalue weighted by molar-refractivity contribution is 0.411. The Kier molecular flexibility index (Phi) is 4.81. The van der Waals surface area contributed by atoms with Gasteiger partial charge in [-0.2, -0.15) is 0 Å². The van der Waals surface area contributed by atoms with Crippen LogP contribution in [0.4, 0.5) is 0 Å². The number of hydrogen-bond donors (Lipinski definition) is 1. The molecule has 0 aliphatic carbocycles. The number of sulfonamides is 1. The van der Waals surface area contributed by atoms with Crippen LogP contribution in [0.1, 0.15) is 5.69 Å². The van der Waals surface area contributed by atoms with E-state index in [-0.39, 0.29) is 22.9 Å². The normalized spacial score (nSPS) is 11.5. The zero-order valence-electron chi connectivity index (χ0n) is 11.7. The van der Waals surface area contributed by atoms with Crippen LogP contribution in [0.25, 0.3) is 0 Å². The average molecular weight is 328 g/mol. The van der Waals surface area contributed by atoms with E-state index in [1.54, 1.807) is 24.4 Å². The van der Waals surface area contributed by atoms with Crippen LogP contribution in [-0.4, -0.2) is 26.6 Å². The SMILES string of the molecule is COc1cc(C)n(CCNS(=O)(=O)c2cccs2)c(=O)c1. The molecule has 21 heavy (non-hydrogen) atoms. The van der Waals surface area contributed by atoms with E-state index in [4.69, 9.17) is 4.74 Å². The van der Waals surface area contributed by atoms with E-state index in [1.165, 1.54) is 23.8 Å². The fourth-order valence-corrected chi connectivity index (χ4v) is 3.94. The molecule has 0 spiro atoms. The van der Waals surface area contributed by atoms with Gasteiger partial charge in [0.2, 0.25) is 10.0 Å². The third kappa shape index (κ3) is 3.72. The van der Waals surface area contributed by atoms with Crippen molar-refractivity contribution in [1.29, 1.82) is 0 Å². The molecule has 0 fully saturated rings. The number of rotatable bonds is 6. The third-order valence-electron chi connectivity index (χ3n) is 2.93. The van der Waals surface area contributed by atoms with Crippen molar-refractivity contribution >= 4 is 21.4 Å². The largest absolute Gasteiger partial charge is 0.496 e. The molecular formula is C13H16N2O4S2. The lowest BCUT2D eigenvalue weighted by atomic mass is 10.3. The Morgan fingerprint density at radius 2 is 2.14 bits per heavy atom. The van der Waals surface area contributed by atoms with Crippen LogP contribution < -0.4 is 15.0 Å². The Morgan fingerprint density at radius 3 is 2.71 bits per heavy atom. The molecule has 114 valence electrons. The van der Waals surface area contributed by atoms with E-state index in [0.29, 0.717) is 5.75 Å². The smallest absolute Gasteiger partial charge is 0.254 e. The van der Waals surface area contributed by atoms with Crippen LogP contribution >= 0.6 is 11.3 Å². The maximum Gasteiger partial charge on any atom is 0.254 e. The van der Waals surface area contributed by atoms with Gasteiger partial charge < -0.3 is 9.30 Å². The number of nitrogens with one attached hydrogen (secondary N) is 1. The number of ether oxygens (including phenoxy) is 1. The van der Waals surface area contributed by atoms with Gasteiger partial charge in [-0.1, -0.05) is 6.07 Å². The first-order valence-corrected chi connectivity index (χ1v) is 8.59. The molecule has 0 radical (unpaired) electrons. The van der Waals surface area contributed by atoms with Gasteiger partial charge in [0.25, 0.3) is 5.56 Å². The Bertz CT molecular complexity index is 764. The van der Waals surface area contributed by atoms with Gasteiger partial charge in [0.05, 0.1) is 7.11 Å². The van der Waals surface area contributed by atoms with Crippen molar-refractivity contribution in [3.05, 3.63) is 45.7 Å². The highest BCUT2D eigenvalue weighted by Crippen LogP contribution is 2.15. The van der Waals surface area contributed by atoms with E-state index in [0.717, 1.165) is 17.0 Å². The summed E-state index contributed by atoms with van der Waals surface area (Å²) < 4.78 is 33.2. The molecule has 0 aromatic carbocycles. The van der Waals surface area contributed by atoms with Gasteiger partial charge in [-0.15, -0.1) is 11.3 Å². The van der Waals surface area contributed by atoms with Crippen molar-refractivity contribution in [2.45, 2.75) is 17.7 Å². The lowest BCUT2D eigenvalue weighted by Crippen LogP contribution is -2.31. The molecule has 2 rings (SSSR count). The molecule has 0 saturated heterocycles. The molecule has 0 saturated carbocycles. The molecular weight excluding hydrogens is 312 g/mol. The number of aromatic nitrogens is 1. The molecule has 2 aromatic heterocycles. The topological polar surface area (TPSA) is 77.4 Å². The molecule has 0 aliphatic rings. The Hall–Kier alpha value is -1.64. The van der Waals surface area contributed by atoms with Crippen molar-refractivity contribution < 1.29 is 13.2 Å². The highest BCUT2D eigenvalue weighted by molar-refractivity contribution is 7.91. The Morgan fingerprint density at radius 1 is 1.38 bits per heavy atom. The zero-order chi connectivity index (χ0) is 15.5. The molecule has 2 aromatic rings. The standard InChI is InChI=1S/C13H16N2O4S2/c1-10-8-11(19-2)9-12(16)15(10)6-5-14-21(17,18)13-4-3-7-20-13/h3-4,7-9,14H,5-6H2,1-2H3. The molecule has 0 unspecified atom stereocenters. The summed E-state index contributed by atoms with van der Waals surface area (Å²) in [5.41, 5.74) is 0.497. The number of hydrogen-bond acceptors (Lipinski definition) is 5. The zero-order valence-corrected chi connectivity index (χ0v) is 13.3. The molecule has 0 aliphatic heterocycles. The van der Waals surface area contributed by atoms with Crippen molar-refractivity contribution in [2.75, 3.05) is 13.7 Å². The van der Waals surface area contributed by atoms with E-state index in [2.05, 4.69) is 4.72 Å². The Balaban J connectivity index is 2.06. The van der Waals surface area contributed by atoms with E-state index < -0.39 is 10.0 Å². The summed E-state index contributed by atoms with van der Waals surface area (Å²) in [6, 6.07) is 6.32. The second-order valence-corrected chi connectivity index (χ2v) is 7.30. The van der Waals surface area contributed by atoms with Crippen LogP contribution in [0.15, 0.2) is 38.6 Å². The third-order valence-corrected chi connectivity index (χ3v) is 5.79. The number of aryl methyl sites for hydroxylation is 1. The fourth-order valence-electron chi connectivity index (χ4n) is 1.88. The summed E-state index contributed by atoms with van der Waals surface area (Å²) in [6.07, 6.45) is 0. The quantitative estimate of drug-likeness (QED) is 0.864. The molecule has 0 amide bonds. The van der Waals surface area contributed by atoms with Crippen molar-refractivity contribution in [3.63, 3.8) is 0 Å². The average Bonchev–Trinajstić information content (AvgIpc) is 2.96. The van der Waals surface area contributed by atoms with Gasteiger partial charge in [-0.25, -0.2) is 13.1 Å². The van der Waals surface area contributed by atoms with Crippen molar-refractivity contribution in [2.24, 2.45) is 0 Å². The van der Waals surface area contributed by atoms with E-state index >= 15 is 0 Å². The maximum atomic E-state index is 11.9. The van der Waals surface area contributed by atoms with Gasteiger partial charge >= 0.3 is 0 Å². The van der Waals surface area contributed by atoms with E-state index in [1.807, 2.05) is 0 Å². The molecule has 6 nitrogen and oxygen atoms in total. The highest BCUT2D eigenvalue weighted by atomic mass is 32.2. The van der Waals surface area contributed by atoms with E-state index in [9.17, 15) is 13.2 Å². The first-order chi connectivity index (χ1) is 9.94. The first-order valence-electron chi connectivity index (χ1n) is 6.22. The Labute approximate surface area is 127 Å². The summed E-state index contributed by atoms with van der Waals surface area (Å²) in [4.78, 5) is 11.9. The monoisotopic (exact) mass is 328 g/mol. The van der Waals surface area contributed by atoms with Crippen molar-refractivity contribution in [1.82, 2.24) is 9.29 Å². The fraction of sp³-hybridized carbons (Fsp3) is 0.308. The van der Waals surface area contributed by atoms with Gasteiger partial charge in [0.15, 0.2) is 0 Å². The number of thiophene rings is 1. The second kappa shape index (κ2) is 6.42. The summed E-state index contributed by atoms with van der Waals surface area (Å²) in [5, 5.41) is 1.70. The minimum absolute atomic E-state index is 0.146. The van der Waals surface area contributed by atoms with Gasteiger partial charge in [0, 0.05) is 24.8 Å². The first kappa shape index (κ1) is 15.7. The van der Waals surface area contributed by atoms with Crippen LogP contribution in [-0.2, 0) is 16.6 Å². The summed E-state index contributed by atoms with van der Waals surface area (Å²) in [5.74, 6) is 0.493. The minimum atomic E-state index is -3.50.